The molecule has 4 aromatic carbocycles. The van der Waals surface area contributed by atoms with Crippen molar-refractivity contribution in [3.05, 3.63) is 186 Å². The number of rotatable bonds is 20. The number of amides is 3. The Morgan fingerprint density at radius 1 is 0.575 bits per heavy atom. The average molecular weight is 1210 g/mol. The van der Waals surface area contributed by atoms with E-state index in [0.717, 1.165) is 22.3 Å². The molecule has 0 radical (unpaired) electrons. The lowest BCUT2D eigenvalue weighted by molar-refractivity contribution is 0.0509. The third-order valence-electron chi connectivity index (χ3n) is 13.6. The number of halogens is 1. The molecule has 2 unspecified atom stereocenters. The molecule has 8 aromatic rings. The van der Waals surface area contributed by atoms with E-state index in [1.165, 1.54) is 0 Å². The Kier molecular flexibility index (Phi) is 23.9. The van der Waals surface area contributed by atoms with Crippen LogP contribution in [0.2, 0.25) is 0 Å². The first kappa shape index (κ1) is 67.6. The Bertz CT molecular complexity index is 3700. The molecule has 464 valence electrons. The predicted octanol–water partition coefficient (Wildman–Crippen LogP) is 12.1. The van der Waals surface area contributed by atoms with Crippen LogP contribution < -0.4 is 27.1 Å². The molecule has 0 fully saturated rings. The van der Waals surface area contributed by atoms with Gasteiger partial charge in [-0.25, -0.2) is 9.59 Å². The molecule has 4 heterocycles. The second-order valence-corrected chi connectivity index (χ2v) is 24.4. The van der Waals surface area contributed by atoms with Gasteiger partial charge < -0.3 is 39.4 Å². The normalized spacial score (nSPS) is 12.2. The minimum absolute atomic E-state index is 0.136. The van der Waals surface area contributed by atoms with Gasteiger partial charge in [0.2, 0.25) is 0 Å². The molecule has 0 spiro atoms. The molecule has 4 aromatic heterocycles. The van der Waals surface area contributed by atoms with Gasteiger partial charge in [-0.3, -0.25) is 28.3 Å². The van der Waals surface area contributed by atoms with Crippen molar-refractivity contribution < 1.29 is 37.7 Å². The SMILES string of the molecule is Cc1ccc(C(=O)Cl)cc1.Cc1ccc(C(=O)N(CCCNC(=O)OC(C)(C)C)C(c2nc3onc(C)c3c(=O)n2Cc2ccccc2)C(C)C)cc1.Cc1noc2nc(C(NCCCNC(=O)OC(C)(C)C)C(C)C)n(Cc3ccccc3)c(=O)c12. The second-order valence-electron chi connectivity index (χ2n) is 24.0. The minimum atomic E-state index is -0.619. The molecule has 87 heavy (non-hydrogen) atoms. The van der Waals surface area contributed by atoms with Crippen LogP contribution in [0.1, 0.15) is 160 Å². The summed E-state index contributed by atoms with van der Waals surface area (Å²) in [5.74, 6) is 0.823. The molecule has 0 aliphatic rings. The number of alkyl carbamates (subject to hydrolysis) is 2. The van der Waals surface area contributed by atoms with Gasteiger partial charge in [0, 0.05) is 30.8 Å². The first-order chi connectivity index (χ1) is 41.1. The van der Waals surface area contributed by atoms with Crippen molar-refractivity contribution >= 4 is 57.1 Å². The van der Waals surface area contributed by atoms with Gasteiger partial charge in [0.25, 0.3) is 33.7 Å². The Balaban J connectivity index is 0.000000244. The molecule has 0 saturated heterocycles. The molecule has 8 rings (SSSR count). The second kappa shape index (κ2) is 30.7. The number of fused-ring (bicyclic) bond motifs is 2. The van der Waals surface area contributed by atoms with Crippen molar-refractivity contribution in [2.45, 2.75) is 146 Å². The van der Waals surface area contributed by atoms with Crippen LogP contribution in [0.15, 0.2) is 128 Å². The van der Waals surface area contributed by atoms with Crippen molar-refractivity contribution in [2.24, 2.45) is 11.8 Å². The van der Waals surface area contributed by atoms with Gasteiger partial charge >= 0.3 is 12.2 Å². The van der Waals surface area contributed by atoms with Crippen LogP contribution in [0.5, 0.6) is 0 Å². The molecule has 21 heteroatoms. The number of aromatic nitrogens is 6. The summed E-state index contributed by atoms with van der Waals surface area (Å²) in [6.07, 6.45) is 0.188. The largest absolute Gasteiger partial charge is 0.444 e. The van der Waals surface area contributed by atoms with Gasteiger partial charge in [0.15, 0.2) is 0 Å². The number of hydrogen-bond acceptors (Lipinski definition) is 15. The lowest BCUT2D eigenvalue weighted by atomic mass is 9.98. The van der Waals surface area contributed by atoms with Gasteiger partial charge in [-0.1, -0.05) is 134 Å². The number of carbonyl (C=O) groups is 4. The molecular formula is C66H83ClN10O10. The summed E-state index contributed by atoms with van der Waals surface area (Å²) in [5, 5.41) is 17.3. The maximum atomic E-state index is 14.2. The highest BCUT2D eigenvalue weighted by molar-refractivity contribution is 6.67. The van der Waals surface area contributed by atoms with E-state index in [2.05, 4.69) is 40.1 Å². The highest BCUT2D eigenvalue weighted by Gasteiger charge is 2.34. The van der Waals surface area contributed by atoms with Gasteiger partial charge in [-0.15, -0.1) is 0 Å². The van der Waals surface area contributed by atoms with E-state index in [9.17, 15) is 28.8 Å². The van der Waals surface area contributed by atoms with Gasteiger partial charge in [0.1, 0.15) is 33.6 Å². The quantitative estimate of drug-likeness (QED) is 0.0474. The van der Waals surface area contributed by atoms with Crippen molar-refractivity contribution in [1.29, 1.82) is 0 Å². The third-order valence-corrected chi connectivity index (χ3v) is 13.8. The number of hydrogen-bond donors (Lipinski definition) is 3. The first-order valence-corrected chi connectivity index (χ1v) is 29.6. The van der Waals surface area contributed by atoms with Crippen LogP contribution in [-0.4, -0.2) is 95.0 Å². The van der Waals surface area contributed by atoms with E-state index in [-0.39, 0.29) is 52.9 Å². The summed E-state index contributed by atoms with van der Waals surface area (Å²) in [4.78, 5) is 87.5. The summed E-state index contributed by atoms with van der Waals surface area (Å²) in [5.41, 5.74) is 4.95. The molecule has 0 bridgehead atoms. The van der Waals surface area contributed by atoms with Gasteiger partial charge in [-0.05, 0) is 147 Å². The zero-order valence-electron chi connectivity index (χ0n) is 52.4. The van der Waals surface area contributed by atoms with Crippen LogP contribution in [0.25, 0.3) is 22.2 Å². The number of benzene rings is 4. The van der Waals surface area contributed by atoms with Crippen molar-refractivity contribution in [3.8, 4) is 0 Å². The summed E-state index contributed by atoms with van der Waals surface area (Å²) < 4.78 is 24.8. The first-order valence-electron chi connectivity index (χ1n) is 29.2. The smallest absolute Gasteiger partial charge is 0.407 e. The Hall–Kier alpha value is -8.49. The lowest BCUT2D eigenvalue weighted by Crippen LogP contribution is -2.43. The summed E-state index contributed by atoms with van der Waals surface area (Å²) in [6.45, 7) is 28.8. The topological polar surface area (TPSA) is 248 Å². The van der Waals surface area contributed by atoms with Gasteiger partial charge in [-0.2, -0.15) is 9.97 Å². The molecule has 3 N–H and O–H groups in total. The summed E-state index contributed by atoms with van der Waals surface area (Å²) in [6, 6.07) is 33.2. The van der Waals surface area contributed by atoms with Crippen LogP contribution in [-0.2, 0) is 22.6 Å². The summed E-state index contributed by atoms with van der Waals surface area (Å²) >= 11 is 5.22. The standard InChI is InChI=1S/C33H41N5O5.C25H35N5O4.C8H7ClO/c1-21(2)27(28-35-29-26(23(4)36-43-29)31(40)38(28)20-24-12-9-8-10-13-24)37(30(39)25-16-14-22(3)15-17-25)19-11-18-34-32(41)42-33(5,6)7;1-16(2)20(26-13-10-14-27-24(32)33-25(4,5)6)21-28-22-19(17(3)29-34-22)23(31)30(21)15-18-11-8-7-9-12-18;1-6-2-4-7(5-3-6)8(9)10/h8-10,12-17,21,27H,11,18-20H2,1-7H3,(H,34,41);7-9,11-12,16,20,26H,10,13-15H2,1-6H3,(H,27,32);2-5H,1H3. The maximum Gasteiger partial charge on any atom is 0.407 e. The zero-order valence-corrected chi connectivity index (χ0v) is 53.2. The Labute approximate surface area is 513 Å². The molecular weight excluding hydrogens is 1130 g/mol. The highest BCUT2D eigenvalue weighted by Crippen LogP contribution is 2.31. The maximum absolute atomic E-state index is 14.2. The fourth-order valence-corrected chi connectivity index (χ4v) is 9.53. The van der Waals surface area contributed by atoms with Crippen LogP contribution in [0, 0.1) is 39.5 Å². The van der Waals surface area contributed by atoms with Crippen LogP contribution >= 0.6 is 11.6 Å². The van der Waals surface area contributed by atoms with E-state index in [1.807, 2.05) is 133 Å². The molecule has 20 nitrogen and oxygen atoms in total. The molecule has 0 aliphatic carbocycles. The number of ether oxygens (including phenoxy) is 2. The molecule has 0 saturated carbocycles. The number of carbonyl (C=O) groups excluding carboxylic acids is 4. The van der Waals surface area contributed by atoms with E-state index in [4.69, 9.17) is 40.1 Å². The Morgan fingerprint density at radius 2 is 1.00 bits per heavy atom. The minimum Gasteiger partial charge on any atom is -0.444 e. The fraction of sp³-hybridized carbons (Fsp3) is 0.424. The fourth-order valence-electron chi connectivity index (χ4n) is 9.41. The summed E-state index contributed by atoms with van der Waals surface area (Å²) in [7, 11) is 0. The molecule has 2 atom stereocenters. The predicted molar refractivity (Wildman–Crippen MR) is 337 cm³/mol. The third kappa shape index (κ3) is 19.5. The van der Waals surface area contributed by atoms with Crippen LogP contribution in [0.4, 0.5) is 9.59 Å². The van der Waals surface area contributed by atoms with Crippen molar-refractivity contribution in [2.75, 3.05) is 26.2 Å². The molecule has 0 aliphatic heterocycles. The molecule has 3 amide bonds. The number of aryl methyl sites for hydroxylation is 4. The average Bonchev–Trinajstić information content (AvgIpc) is 1.97. The van der Waals surface area contributed by atoms with Crippen molar-refractivity contribution in [1.82, 2.24) is 50.3 Å². The van der Waals surface area contributed by atoms with Crippen molar-refractivity contribution in [3.63, 3.8) is 0 Å². The number of nitrogens with zero attached hydrogens (tertiary/aromatic N) is 7. The lowest BCUT2D eigenvalue weighted by Gasteiger charge is -2.35. The number of nitrogens with one attached hydrogen (secondary N) is 3. The van der Waals surface area contributed by atoms with Crippen LogP contribution in [0.3, 0.4) is 0 Å². The van der Waals surface area contributed by atoms with Gasteiger partial charge in [0.05, 0.1) is 36.6 Å². The Morgan fingerprint density at radius 3 is 1.43 bits per heavy atom. The zero-order chi connectivity index (χ0) is 63.8. The van der Waals surface area contributed by atoms with E-state index < -0.39 is 34.7 Å². The monoisotopic (exact) mass is 1210 g/mol. The van der Waals surface area contributed by atoms with E-state index >= 15 is 0 Å². The van der Waals surface area contributed by atoms with E-state index in [0.29, 0.717) is 90.5 Å². The van der Waals surface area contributed by atoms with E-state index in [1.54, 1.807) is 72.9 Å². The highest BCUT2D eigenvalue weighted by atomic mass is 35.5.